The van der Waals surface area contributed by atoms with Crippen molar-refractivity contribution in [1.29, 1.82) is 5.26 Å². The quantitative estimate of drug-likeness (QED) is 0.734. The van der Waals surface area contributed by atoms with Gasteiger partial charge < -0.3 is 9.47 Å². The lowest BCUT2D eigenvalue weighted by Gasteiger charge is -2.56. The Morgan fingerprint density at radius 3 is 2.50 bits per heavy atom. The fourth-order valence-corrected chi connectivity index (χ4v) is 4.42. The van der Waals surface area contributed by atoms with Crippen LogP contribution in [0.15, 0.2) is 48.5 Å². The molecule has 1 aromatic heterocycles. The molecule has 0 aliphatic carbocycles. The van der Waals surface area contributed by atoms with Crippen LogP contribution >= 0.6 is 0 Å². The molecule has 3 aromatic rings. The second-order valence-electron chi connectivity index (χ2n) is 7.39. The molecule has 0 spiro atoms. The number of aryl methyl sites for hydroxylation is 1. The minimum Gasteiger partial charge on any atom is -0.339 e. The summed E-state index contributed by atoms with van der Waals surface area (Å²) in [6.45, 7) is 3.03. The summed E-state index contributed by atoms with van der Waals surface area (Å²) in [7, 11) is 2.11. The first-order valence-corrected chi connectivity index (χ1v) is 9.14. The number of nitrogens with zero attached hydrogens (tertiary/aromatic N) is 5. The Morgan fingerprint density at radius 2 is 1.81 bits per heavy atom. The number of benzene rings is 2. The highest BCUT2D eigenvalue weighted by Crippen LogP contribution is 2.36. The molecule has 0 saturated carbocycles. The van der Waals surface area contributed by atoms with Crippen LogP contribution in [0.25, 0.3) is 11.0 Å². The number of hydrogen-bond donors (Lipinski definition) is 0. The Balaban J connectivity index is 1.32. The van der Waals surface area contributed by atoms with E-state index >= 15 is 0 Å². The van der Waals surface area contributed by atoms with E-state index in [0.29, 0.717) is 12.1 Å². The fourth-order valence-electron chi connectivity index (χ4n) is 4.42. The van der Waals surface area contributed by atoms with Gasteiger partial charge in [-0.2, -0.15) is 5.26 Å². The second kappa shape index (κ2) is 5.86. The van der Waals surface area contributed by atoms with Crippen molar-refractivity contribution in [2.24, 2.45) is 7.05 Å². The van der Waals surface area contributed by atoms with Crippen LogP contribution in [0.5, 0.6) is 0 Å². The molecule has 0 amide bonds. The number of piperazine rings is 1. The van der Waals surface area contributed by atoms with Gasteiger partial charge in [0.15, 0.2) is 0 Å². The van der Waals surface area contributed by atoms with E-state index < -0.39 is 0 Å². The molecule has 6 rings (SSSR count). The monoisotopic (exact) mass is 343 g/mol. The molecule has 0 radical (unpaired) electrons. The van der Waals surface area contributed by atoms with Crippen LogP contribution in [0.1, 0.15) is 17.5 Å². The highest BCUT2D eigenvalue weighted by molar-refractivity contribution is 5.78. The van der Waals surface area contributed by atoms with Gasteiger partial charge in [-0.05, 0) is 36.2 Å². The molecule has 5 heteroatoms. The van der Waals surface area contributed by atoms with E-state index in [2.05, 4.69) is 57.8 Å². The van der Waals surface area contributed by atoms with Gasteiger partial charge in [0.05, 0.1) is 22.7 Å². The van der Waals surface area contributed by atoms with Crippen molar-refractivity contribution in [3.8, 4) is 6.07 Å². The molecule has 4 heterocycles. The largest absolute Gasteiger partial charge is 0.339 e. The van der Waals surface area contributed by atoms with Crippen LogP contribution in [0.2, 0.25) is 0 Å². The summed E-state index contributed by atoms with van der Waals surface area (Å²) in [4.78, 5) is 9.90. The van der Waals surface area contributed by atoms with E-state index in [9.17, 15) is 0 Å². The smallest absolute Gasteiger partial charge is 0.206 e. The molecule has 3 saturated heterocycles. The third-order valence-corrected chi connectivity index (χ3v) is 5.84. The van der Waals surface area contributed by atoms with E-state index in [4.69, 9.17) is 10.2 Å². The highest BCUT2D eigenvalue weighted by Gasteiger charge is 2.45. The second-order valence-corrected chi connectivity index (χ2v) is 7.39. The number of hydrogen-bond acceptors (Lipinski definition) is 4. The van der Waals surface area contributed by atoms with Gasteiger partial charge in [-0.15, -0.1) is 0 Å². The van der Waals surface area contributed by atoms with Crippen molar-refractivity contribution in [2.75, 3.05) is 18.0 Å². The highest BCUT2D eigenvalue weighted by atomic mass is 15.4. The number of fused-ring (bicyclic) bond motifs is 3. The Bertz CT molecular complexity index is 985. The average Bonchev–Trinajstić information content (AvgIpc) is 3.04. The third-order valence-electron chi connectivity index (χ3n) is 5.84. The number of aromatic nitrogens is 2. The number of anilines is 1. The maximum absolute atomic E-state index is 8.94. The summed E-state index contributed by atoms with van der Waals surface area (Å²) in [5, 5.41) is 8.94. The van der Waals surface area contributed by atoms with Gasteiger partial charge in [-0.1, -0.05) is 24.3 Å². The van der Waals surface area contributed by atoms with E-state index in [-0.39, 0.29) is 0 Å². The number of rotatable bonds is 3. The fraction of sp³-hybridized carbons (Fsp3) is 0.333. The normalized spacial score (nSPS) is 22.2. The number of piperidine rings is 1. The summed E-state index contributed by atoms with van der Waals surface area (Å²) >= 11 is 0. The standard InChI is InChI=1S/C21H21N5/c1-24-20-5-3-2-4-19(20)23-21(24)25-13-17-10-18(14-25)26(17)12-16-8-6-15(11-22)7-9-16/h2-9,17-18H,10,12-14H2,1H3. The minimum absolute atomic E-state index is 0.587. The van der Waals surface area contributed by atoms with Crippen LogP contribution in [-0.4, -0.2) is 39.6 Å². The molecule has 2 bridgehead atoms. The lowest BCUT2D eigenvalue weighted by Crippen LogP contribution is -2.68. The van der Waals surface area contributed by atoms with Crippen molar-refractivity contribution in [1.82, 2.24) is 14.5 Å². The topological polar surface area (TPSA) is 48.1 Å². The van der Waals surface area contributed by atoms with Gasteiger partial charge in [0.25, 0.3) is 0 Å². The summed E-state index contributed by atoms with van der Waals surface area (Å²) in [5.74, 6) is 1.08. The summed E-state index contributed by atoms with van der Waals surface area (Å²) in [6.07, 6.45) is 1.27. The summed E-state index contributed by atoms with van der Waals surface area (Å²) < 4.78 is 2.21. The zero-order valence-corrected chi connectivity index (χ0v) is 14.8. The maximum Gasteiger partial charge on any atom is 0.206 e. The predicted octanol–water partition coefficient (Wildman–Crippen LogP) is 2.91. The minimum atomic E-state index is 0.587. The first kappa shape index (κ1) is 15.4. The molecule has 0 N–H and O–H groups in total. The zero-order valence-electron chi connectivity index (χ0n) is 14.8. The molecule has 3 fully saturated rings. The first-order chi connectivity index (χ1) is 12.7. The van der Waals surface area contributed by atoms with E-state index in [1.54, 1.807) is 0 Å². The van der Waals surface area contributed by atoms with Crippen molar-refractivity contribution in [3.05, 3.63) is 59.7 Å². The molecule has 5 nitrogen and oxygen atoms in total. The van der Waals surface area contributed by atoms with Crippen LogP contribution in [0, 0.1) is 11.3 Å². The summed E-state index contributed by atoms with van der Waals surface area (Å²) in [5.41, 5.74) is 4.27. The van der Waals surface area contributed by atoms with Gasteiger partial charge in [-0.3, -0.25) is 4.90 Å². The lowest BCUT2D eigenvalue weighted by atomic mass is 9.87. The van der Waals surface area contributed by atoms with E-state index in [1.165, 1.54) is 17.5 Å². The molecule has 3 aliphatic rings. The van der Waals surface area contributed by atoms with Crippen molar-refractivity contribution in [3.63, 3.8) is 0 Å². The molecule has 2 atom stereocenters. The van der Waals surface area contributed by atoms with Gasteiger partial charge in [0.1, 0.15) is 0 Å². The van der Waals surface area contributed by atoms with Gasteiger partial charge in [0, 0.05) is 38.8 Å². The van der Waals surface area contributed by atoms with Crippen LogP contribution in [-0.2, 0) is 13.6 Å². The van der Waals surface area contributed by atoms with Crippen LogP contribution in [0.3, 0.4) is 0 Å². The third kappa shape index (κ3) is 2.38. The number of para-hydroxylation sites is 2. The average molecular weight is 343 g/mol. The van der Waals surface area contributed by atoms with Crippen molar-refractivity contribution in [2.45, 2.75) is 25.0 Å². The van der Waals surface area contributed by atoms with E-state index in [0.717, 1.165) is 36.7 Å². The lowest BCUT2D eigenvalue weighted by molar-refractivity contribution is -0.00907. The van der Waals surface area contributed by atoms with Crippen molar-refractivity contribution < 1.29 is 0 Å². The molecule has 2 aromatic carbocycles. The molecule has 2 unspecified atom stereocenters. The molecular weight excluding hydrogens is 322 g/mol. The Morgan fingerprint density at radius 1 is 1.08 bits per heavy atom. The number of imidazole rings is 1. The van der Waals surface area contributed by atoms with Gasteiger partial charge in [-0.25, -0.2) is 4.98 Å². The molecular formula is C21H21N5. The van der Waals surface area contributed by atoms with Crippen molar-refractivity contribution >= 4 is 17.0 Å². The predicted molar refractivity (Wildman–Crippen MR) is 102 cm³/mol. The van der Waals surface area contributed by atoms with Crippen LogP contribution in [0.4, 0.5) is 5.95 Å². The Kier molecular flexibility index (Phi) is 3.47. The molecule has 26 heavy (non-hydrogen) atoms. The summed E-state index contributed by atoms with van der Waals surface area (Å²) in [6, 6.07) is 19.7. The van der Waals surface area contributed by atoms with E-state index in [1.807, 2.05) is 18.2 Å². The Hall–Kier alpha value is -2.84. The van der Waals surface area contributed by atoms with Gasteiger partial charge >= 0.3 is 0 Å². The molecule has 130 valence electrons. The van der Waals surface area contributed by atoms with Crippen LogP contribution < -0.4 is 4.90 Å². The Labute approximate surface area is 153 Å². The maximum atomic E-state index is 8.94. The first-order valence-electron chi connectivity index (χ1n) is 9.14. The zero-order chi connectivity index (χ0) is 17.7. The molecule has 3 aliphatic heterocycles. The number of nitriles is 1. The van der Waals surface area contributed by atoms with Gasteiger partial charge in [0.2, 0.25) is 5.95 Å². The SMILES string of the molecule is Cn1c(N2CC3CC(C2)N3Cc2ccc(C#N)cc2)nc2ccccc21.